The third kappa shape index (κ3) is 5.12. The number of halogens is 1. The van der Waals surface area contributed by atoms with E-state index < -0.39 is 0 Å². The van der Waals surface area contributed by atoms with E-state index in [1.165, 1.54) is 44.6 Å². The lowest BCUT2D eigenvalue weighted by atomic mass is 9.97. The number of aliphatic imine (C=N–C) groups is 1. The van der Waals surface area contributed by atoms with Gasteiger partial charge in [-0.25, -0.2) is 4.39 Å². The molecule has 1 N–H and O–H groups in total. The number of amidine groups is 1. The van der Waals surface area contributed by atoms with Gasteiger partial charge in [0.05, 0.1) is 0 Å². The molecule has 0 saturated heterocycles. The maximum atomic E-state index is 14.5. The summed E-state index contributed by atoms with van der Waals surface area (Å²) in [5, 5.41) is 3.38. The lowest BCUT2D eigenvalue weighted by molar-refractivity contribution is 0.434. The Morgan fingerprint density at radius 2 is 2.04 bits per heavy atom. The van der Waals surface area contributed by atoms with Gasteiger partial charge < -0.3 is 10.2 Å². The van der Waals surface area contributed by atoms with Crippen molar-refractivity contribution in [3.05, 3.63) is 65.9 Å². The minimum atomic E-state index is -0.246. The number of nitrogens with one attached hydrogen (secondary N) is 1. The van der Waals surface area contributed by atoms with Gasteiger partial charge in [0.2, 0.25) is 0 Å². The van der Waals surface area contributed by atoms with Crippen molar-refractivity contribution in [2.75, 3.05) is 13.6 Å². The van der Waals surface area contributed by atoms with Gasteiger partial charge in [-0.1, -0.05) is 62.8 Å². The highest BCUT2D eigenvalue weighted by molar-refractivity contribution is 5.96. The van der Waals surface area contributed by atoms with Crippen molar-refractivity contribution in [2.45, 2.75) is 51.9 Å². The molecule has 0 atom stereocenters. The zero-order valence-corrected chi connectivity index (χ0v) is 17.2. The normalized spacial score (nSPS) is 21.4. The molecule has 0 aromatic heterocycles. The Morgan fingerprint density at radius 3 is 2.75 bits per heavy atom. The van der Waals surface area contributed by atoms with E-state index in [0.29, 0.717) is 5.56 Å². The van der Waals surface area contributed by atoms with E-state index in [1.807, 2.05) is 37.2 Å². The Bertz CT molecular complexity index is 783. The average Bonchev–Trinajstić information content (AvgIpc) is 2.96. The van der Waals surface area contributed by atoms with Crippen LogP contribution >= 0.6 is 0 Å². The van der Waals surface area contributed by atoms with E-state index in [1.54, 1.807) is 12.1 Å². The number of nitrogens with zero attached hydrogens (tertiary/aromatic N) is 2. The molecular weight excluding hydrogens is 349 g/mol. The van der Waals surface area contributed by atoms with Gasteiger partial charge in [0.15, 0.2) is 0 Å². The SMILES string of the molecule is C=C/C(=C1/NC(=NCCC2CCCCCC2)C=CN1C)c1cc(C)ccc1F. The summed E-state index contributed by atoms with van der Waals surface area (Å²) in [6, 6.07) is 5.15. The number of rotatable bonds is 5. The molecule has 0 amide bonds. The summed E-state index contributed by atoms with van der Waals surface area (Å²) in [4.78, 5) is 6.72. The third-order valence-electron chi connectivity index (χ3n) is 5.72. The van der Waals surface area contributed by atoms with Crippen molar-refractivity contribution in [2.24, 2.45) is 10.9 Å². The third-order valence-corrected chi connectivity index (χ3v) is 5.72. The predicted octanol–water partition coefficient (Wildman–Crippen LogP) is 5.80. The molecule has 1 aliphatic carbocycles. The lowest BCUT2D eigenvalue weighted by Crippen LogP contribution is -2.35. The number of allylic oxidation sites excluding steroid dienone is 2. The van der Waals surface area contributed by atoms with Crippen molar-refractivity contribution in [3.63, 3.8) is 0 Å². The molecule has 0 bridgehead atoms. The molecule has 4 heteroatoms. The van der Waals surface area contributed by atoms with Crippen LogP contribution in [0.2, 0.25) is 0 Å². The van der Waals surface area contributed by atoms with Gasteiger partial charge in [-0.2, -0.15) is 0 Å². The van der Waals surface area contributed by atoms with E-state index in [-0.39, 0.29) is 5.82 Å². The molecule has 0 unspecified atom stereocenters. The molecule has 28 heavy (non-hydrogen) atoms. The number of aryl methyl sites for hydroxylation is 1. The molecule has 1 heterocycles. The Morgan fingerprint density at radius 1 is 1.29 bits per heavy atom. The lowest BCUT2D eigenvalue weighted by Gasteiger charge is -2.27. The highest BCUT2D eigenvalue weighted by Crippen LogP contribution is 2.27. The zero-order valence-electron chi connectivity index (χ0n) is 17.2. The Kier molecular flexibility index (Phi) is 7.07. The van der Waals surface area contributed by atoms with Gasteiger partial charge in [-0.15, -0.1) is 0 Å². The summed E-state index contributed by atoms with van der Waals surface area (Å²) in [5.74, 6) is 2.19. The predicted molar refractivity (Wildman–Crippen MR) is 116 cm³/mol. The first-order valence-electron chi connectivity index (χ1n) is 10.4. The fourth-order valence-electron chi connectivity index (χ4n) is 4.06. The fraction of sp³-hybridized carbons (Fsp3) is 0.458. The van der Waals surface area contributed by atoms with E-state index >= 15 is 0 Å². The van der Waals surface area contributed by atoms with Crippen LogP contribution in [0.25, 0.3) is 5.57 Å². The van der Waals surface area contributed by atoms with Crippen molar-refractivity contribution >= 4 is 11.4 Å². The molecule has 0 spiro atoms. The first-order valence-corrected chi connectivity index (χ1v) is 10.4. The second-order valence-electron chi connectivity index (χ2n) is 7.91. The molecule has 3 nitrogen and oxygen atoms in total. The van der Waals surface area contributed by atoms with Gasteiger partial charge in [-0.05, 0) is 37.5 Å². The molecule has 1 aromatic carbocycles. The van der Waals surface area contributed by atoms with Crippen molar-refractivity contribution in [1.29, 1.82) is 0 Å². The quantitative estimate of drug-likeness (QED) is 0.653. The molecule has 0 radical (unpaired) electrons. The van der Waals surface area contributed by atoms with Gasteiger partial charge in [0.25, 0.3) is 0 Å². The van der Waals surface area contributed by atoms with Gasteiger partial charge in [-0.3, -0.25) is 4.99 Å². The fourth-order valence-corrected chi connectivity index (χ4v) is 4.06. The van der Waals surface area contributed by atoms with Gasteiger partial charge in [0, 0.05) is 30.9 Å². The largest absolute Gasteiger partial charge is 0.337 e. The van der Waals surface area contributed by atoms with Crippen LogP contribution in [-0.2, 0) is 0 Å². The smallest absolute Gasteiger partial charge is 0.131 e. The maximum Gasteiger partial charge on any atom is 0.131 e. The number of hydrogen-bond acceptors (Lipinski definition) is 2. The van der Waals surface area contributed by atoms with E-state index in [2.05, 4.69) is 11.9 Å². The highest BCUT2D eigenvalue weighted by atomic mass is 19.1. The van der Waals surface area contributed by atoms with Crippen LogP contribution in [0.1, 0.15) is 56.1 Å². The summed E-state index contributed by atoms with van der Waals surface area (Å²) < 4.78 is 14.5. The molecule has 150 valence electrons. The van der Waals surface area contributed by atoms with Crippen molar-refractivity contribution in [1.82, 2.24) is 10.2 Å². The van der Waals surface area contributed by atoms with Crippen LogP contribution in [0, 0.1) is 18.7 Å². The zero-order chi connectivity index (χ0) is 19.9. The van der Waals surface area contributed by atoms with Crippen LogP contribution in [0.15, 0.2) is 53.9 Å². The van der Waals surface area contributed by atoms with E-state index in [9.17, 15) is 4.39 Å². The van der Waals surface area contributed by atoms with Gasteiger partial charge >= 0.3 is 0 Å². The van der Waals surface area contributed by atoms with Crippen LogP contribution in [0.5, 0.6) is 0 Å². The number of benzene rings is 1. The molecule has 1 saturated carbocycles. The minimum Gasteiger partial charge on any atom is -0.337 e. The summed E-state index contributed by atoms with van der Waals surface area (Å²) >= 11 is 0. The Balaban J connectivity index is 1.76. The summed E-state index contributed by atoms with van der Waals surface area (Å²) in [7, 11) is 1.94. The second kappa shape index (κ2) is 9.72. The van der Waals surface area contributed by atoms with Crippen molar-refractivity contribution < 1.29 is 4.39 Å². The summed E-state index contributed by atoms with van der Waals surface area (Å²) in [6.07, 6.45) is 15.0. The average molecular weight is 382 g/mol. The van der Waals surface area contributed by atoms with Crippen molar-refractivity contribution in [3.8, 4) is 0 Å². The van der Waals surface area contributed by atoms with E-state index in [4.69, 9.17) is 4.99 Å². The number of hydrogen-bond donors (Lipinski definition) is 1. The van der Waals surface area contributed by atoms with Crippen LogP contribution in [0.3, 0.4) is 0 Å². The molecule has 1 fully saturated rings. The monoisotopic (exact) mass is 381 g/mol. The molecule has 1 aliphatic heterocycles. The Hall–Kier alpha value is -2.36. The topological polar surface area (TPSA) is 27.6 Å². The standard InChI is InChI=1S/C24H32FN3/c1-4-20(21-17-18(2)11-12-22(21)25)24-27-23(14-16-28(24)3)26-15-13-19-9-7-5-6-8-10-19/h4,11-12,14,16-17,19H,1,5-10,13,15H2,2-3H3,(H,26,27)/b24-20+. The Labute approximate surface area is 168 Å². The minimum absolute atomic E-state index is 0.246. The first-order chi connectivity index (χ1) is 13.6. The highest BCUT2D eigenvalue weighted by Gasteiger charge is 2.18. The molecule has 1 aromatic rings. The van der Waals surface area contributed by atoms with Crippen LogP contribution in [-0.4, -0.2) is 24.3 Å². The summed E-state index contributed by atoms with van der Waals surface area (Å²) in [5.41, 5.74) is 2.31. The van der Waals surface area contributed by atoms with Gasteiger partial charge in [0.1, 0.15) is 17.5 Å². The van der Waals surface area contributed by atoms with Crippen LogP contribution < -0.4 is 5.32 Å². The molecule has 3 rings (SSSR count). The molecule has 2 aliphatic rings. The summed E-state index contributed by atoms with van der Waals surface area (Å²) in [6.45, 7) is 6.71. The second-order valence-corrected chi connectivity index (χ2v) is 7.91. The first kappa shape index (κ1) is 20.4. The van der Waals surface area contributed by atoms with Crippen LogP contribution in [0.4, 0.5) is 4.39 Å². The van der Waals surface area contributed by atoms with E-state index in [0.717, 1.165) is 41.7 Å². The maximum absolute atomic E-state index is 14.5. The molecular formula is C24H32FN3.